The molecule has 1 atom stereocenters. The Kier molecular flexibility index (Phi) is 4.07. The molecule has 1 unspecified atom stereocenters. The molecule has 0 heterocycles. The van der Waals surface area contributed by atoms with Crippen LogP contribution in [0.15, 0.2) is 36.4 Å². The van der Waals surface area contributed by atoms with E-state index in [9.17, 15) is 13.2 Å². The van der Waals surface area contributed by atoms with E-state index in [1.807, 2.05) is 0 Å². The summed E-state index contributed by atoms with van der Waals surface area (Å²) in [5.41, 5.74) is 0.0878. The lowest BCUT2D eigenvalue weighted by Gasteiger charge is -2.18. The fourth-order valence-corrected chi connectivity index (χ4v) is 2.09. The first kappa shape index (κ1) is 13.1. The molecule has 2 rings (SSSR count). The van der Waals surface area contributed by atoms with E-state index in [4.69, 9.17) is 0 Å². The normalized spacial score (nSPS) is 20.1. The van der Waals surface area contributed by atoms with Gasteiger partial charge in [-0.15, -0.1) is 0 Å². The Morgan fingerprint density at radius 3 is 2.78 bits per heavy atom. The molecule has 0 bridgehead atoms. The van der Waals surface area contributed by atoms with Gasteiger partial charge in [0, 0.05) is 12.6 Å². The van der Waals surface area contributed by atoms with Gasteiger partial charge in [-0.2, -0.15) is 13.2 Å². The molecule has 0 aromatic heterocycles. The Bertz CT molecular complexity index is 423. The van der Waals surface area contributed by atoms with Crippen LogP contribution in [0.2, 0.25) is 0 Å². The first-order valence-electron chi connectivity index (χ1n) is 6.12. The molecular formula is C14H16F3N. The van der Waals surface area contributed by atoms with E-state index in [-0.39, 0.29) is 6.04 Å². The van der Waals surface area contributed by atoms with Gasteiger partial charge in [0.15, 0.2) is 0 Å². The minimum Gasteiger partial charge on any atom is -0.306 e. The third kappa shape index (κ3) is 3.60. The minimum absolute atomic E-state index is 0.285. The highest BCUT2D eigenvalue weighted by molar-refractivity contribution is 5.25. The number of rotatable bonds is 3. The van der Waals surface area contributed by atoms with Gasteiger partial charge < -0.3 is 5.32 Å². The van der Waals surface area contributed by atoms with E-state index in [2.05, 4.69) is 17.5 Å². The van der Waals surface area contributed by atoms with E-state index in [1.54, 1.807) is 6.07 Å². The Morgan fingerprint density at radius 1 is 1.28 bits per heavy atom. The molecule has 0 saturated carbocycles. The van der Waals surface area contributed by atoms with Crippen molar-refractivity contribution < 1.29 is 13.2 Å². The topological polar surface area (TPSA) is 12.0 Å². The molecule has 0 fully saturated rings. The smallest absolute Gasteiger partial charge is 0.306 e. The van der Waals surface area contributed by atoms with Crippen LogP contribution in [0.3, 0.4) is 0 Å². The minimum atomic E-state index is -4.26. The van der Waals surface area contributed by atoms with Gasteiger partial charge in [0.1, 0.15) is 0 Å². The first-order valence-corrected chi connectivity index (χ1v) is 6.12. The summed E-state index contributed by atoms with van der Waals surface area (Å²) in [6, 6.07) is 5.77. The fraction of sp³-hybridized carbons (Fsp3) is 0.429. The summed E-state index contributed by atoms with van der Waals surface area (Å²) in [6.07, 6.45) is 3.24. The first-order chi connectivity index (χ1) is 8.55. The molecule has 1 aromatic rings. The Balaban J connectivity index is 1.97. The van der Waals surface area contributed by atoms with Crippen molar-refractivity contribution >= 4 is 0 Å². The summed E-state index contributed by atoms with van der Waals surface area (Å²) in [6.45, 7) is 0.471. The average Bonchev–Trinajstić information content (AvgIpc) is 2.37. The van der Waals surface area contributed by atoms with Crippen molar-refractivity contribution in [1.29, 1.82) is 0 Å². The quantitative estimate of drug-likeness (QED) is 0.808. The molecule has 0 aliphatic heterocycles. The fourth-order valence-electron chi connectivity index (χ4n) is 2.09. The van der Waals surface area contributed by atoms with Crippen LogP contribution in [0, 0.1) is 0 Å². The lowest BCUT2D eigenvalue weighted by Crippen LogP contribution is -2.27. The van der Waals surface area contributed by atoms with Gasteiger partial charge in [-0.1, -0.05) is 30.4 Å². The molecule has 0 spiro atoms. The predicted octanol–water partition coefficient (Wildman–Crippen LogP) is 3.90. The number of hydrogen-bond acceptors (Lipinski definition) is 1. The van der Waals surface area contributed by atoms with Crippen molar-refractivity contribution in [2.75, 3.05) is 0 Å². The van der Waals surface area contributed by atoms with Gasteiger partial charge in [-0.25, -0.2) is 0 Å². The Labute approximate surface area is 105 Å². The molecule has 1 nitrogen and oxygen atoms in total. The van der Waals surface area contributed by atoms with Gasteiger partial charge >= 0.3 is 6.18 Å². The second kappa shape index (κ2) is 5.57. The maximum Gasteiger partial charge on any atom is 0.416 e. The molecule has 0 amide bonds. The highest BCUT2D eigenvalue weighted by atomic mass is 19.4. The molecule has 0 saturated heterocycles. The number of hydrogen-bond donors (Lipinski definition) is 1. The highest BCUT2D eigenvalue weighted by Gasteiger charge is 2.30. The molecule has 4 heteroatoms. The summed E-state index contributed by atoms with van der Waals surface area (Å²) < 4.78 is 37.6. The number of nitrogens with one attached hydrogen (secondary N) is 1. The maximum atomic E-state index is 12.5. The predicted molar refractivity (Wildman–Crippen MR) is 65.1 cm³/mol. The van der Waals surface area contributed by atoms with E-state index < -0.39 is 11.7 Å². The molecule has 1 N–H and O–H groups in total. The maximum absolute atomic E-state index is 12.5. The van der Waals surface area contributed by atoms with Crippen molar-refractivity contribution in [3.8, 4) is 0 Å². The van der Waals surface area contributed by atoms with Crippen molar-refractivity contribution in [1.82, 2.24) is 5.32 Å². The van der Waals surface area contributed by atoms with Crippen LogP contribution in [0.5, 0.6) is 0 Å². The van der Waals surface area contributed by atoms with Crippen LogP contribution in [0.4, 0.5) is 13.2 Å². The van der Waals surface area contributed by atoms with Gasteiger partial charge in [0.2, 0.25) is 0 Å². The monoisotopic (exact) mass is 255 g/mol. The zero-order valence-electron chi connectivity index (χ0n) is 10.0. The van der Waals surface area contributed by atoms with Crippen LogP contribution in [0.1, 0.15) is 30.4 Å². The number of alkyl halides is 3. The number of benzene rings is 1. The van der Waals surface area contributed by atoms with Crippen LogP contribution < -0.4 is 5.32 Å². The standard InChI is InChI=1S/C14H16F3N/c15-14(16,17)12-6-4-5-11(9-12)10-18-13-7-2-1-3-8-13/h2,4-7,9,13,18H,1,3,8,10H2. The van der Waals surface area contributed by atoms with Crippen LogP contribution in [-0.4, -0.2) is 6.04 Å². The molecular weight excluding hydrogens is 239 g/mol. The zero-order valence-corrected chi connectivity index (χ0v) is 10.0. The average molecular weight is 255 g/mol. The van der Waals surface area contributed by atoms with E-state index in [0.29, 0.717) is 12.1 Å². The largest absolute Gasteiger partial charge is 0.416 e. The summed E-state index contributed by atoms with van der Waals surface area (Å²) in [5, 5.41) is 3.26. The second-order valence-corrected chi connectivity index (χ2v) is 4.54. The summed E-state index contributed by atoms with van der Waals surface area (Å²) in [5.74, 6) is 0. The lowest BCUT2D eigenvalue weighted by atomic mass is 10.0. The molecule has 98 valence electrons. The van der Waals surface area contributed by atoms with Crippen molar-refractivity contribution in [3.63, 3.8) is 0 Å². The van der Waals surface area contributed by atoms with E-state index in [1.165, 1.54) is 12.1 Å². The van der Waals surface area contributed by atoms with Gasteiger partial charge in [-0.3, -0.25) is 0 Å². The molecule has 18 heavy (non-hydrogen) atoms. The zero-order chi connectivity index (χ0) is 13.0. The summed E-state index contributed by atoms with van der Waals surface area (Å²) >= 11 is 0. The second-order valence-electron chi connectivity index (χ2n) is 4.54. The Morgan fingerprint density at radius 2 is 2.11 bits per heavy atom. The van der Waals surface area contributed by atoms with E-state index >= 15 is 0 Å². The van der Waals surface area contributed by atoms with Gasteiger partial charge in [-0.05, 0) is 30.9 Å². The van der Waals surface area contributed by atoms with Crippen molar-refractivity contribution in [2.24, 2.45) is 0 Å². The SMILES string of the molecule is FC(F)(F)c1cccc(CNC2C=CCCC2)c1. The number of halogens is 3. The summed E-state index contributed by atoms with van der Waals surface area (Å²) in [7, 11) is 0. The molecule has 1 aliphatic carbocycles. The van der Waals surface area contributed by atoms with Crippen molar-refractivity contribution in [3.05, 3.63) is 47.5 Å². The third-order valence-corrected chi connectivity index (χ3v) is 3.08. The van der Waals surface area contributed by atoms with Gasteiger partial charge in [0.05, 0.1) is 5.56 Å². The van der Waals surface area contributed by atoms with E-state index in [0.717, 1.165) is 25.3 Å². The van der Waals surface area contributed by atoms with Crippen LogP contribution >= 0.6 is 0 Å². The van der Waals surface area contributed by atoms with Gasteiger partial charge in [0.25, 0.3) is 0 Å². The van der Waals surface area contributed by atoms with Crippen LogP contribution in [-0.2, 0) is 12.7 Å². The van der Waals surface area contributed by atoms with Crippen molar-refractivity contribution in [2.45, 2.75) is 38.0 Å². The van der Waals surface area contributed by atoms with Crippen LogP contribution in [0.25, 0.3) is 0 Å². The molecule has 1 aromatic carbocycles. The lowest BCUT2D eigenvalue weighted by molar-refractivity contribution is -0.137. The summed E-state index contributed by atoms with van der Waals surface area (Å²) in [4.78, 5) is 0. The Hall–Kier alpha value is -1.29. The third-order valence-electron chi connectivity index (χ3n) is 3.08. The molecule has 0 radical (unpaired) electrons. The molecule has 1 aliphatic rings. The highest BCUT2D eigenvalue weighted by Crippen LogP contribution is 2.29. The number of allylic oxidation sites excluding steroid dienone is 1.